The number of amides is 1. The van der Waals surface area contributed by atoms with Gasteiger partial charge in [-0.15, -0.1) is 0 Å². The Morgan fingerprint density at radius 3 is 2.19 bits per heavy atom. The molecule has 0 N–H and O–H groups in total. The Bertz CT molecular complexity index is 923. The highest BCUT2D eigenvalue weighted by molar-refractivity contribution is 5.89. The Hall–Kier alpha value is -2.77. The lowest BCUT2D eigenvalue weighted by molar-refractivity contribution is -0.171. The van der Waals surface area contributed by atoms with E-state index in [0.717, 1.165) is 43.2 Å². The maximum atomic E-state index is 13.6. The topological polar surface area (TPSA) is 91.4 Å². The predicted molar refractivity (Wildman–Crippen MR) is 114 cm³/mol. The fourth-order valence-electron chi connectivity index (χ4n) is 6.01. The highest BCUT2D eigenvalue weighted by Gasteiger charge is 2.67. The van der Waals surface area contributed by atoms with Gasteiger partial charge in [0.25, 0.3) is 5.91 Å². The summed E-state index contributed by atoms with van der Waals surface area (Å²) in [7, 11) is 3.16. The molecule has 1 aromatic carbocycles. The van der Waals surface area contributed by atoms with E-state index in [1.807, 2.05) is 12.1 Å². The zero-order valence-electron chi connectivity index (χ0n) is 19.1. The van der Waals surface area contributed by atoms with Crippen LogP contribution in [0.15, 0.2) is 12.1 Å². The molecule has 3 aliphatic rings. The van der Waals surface area contributed by atoms with Gasteiger partial charge in [-0.2, -0.15) is 0 Å². The first kappa shape index (κ1) is 22.4. The van der Waals surface area contributed by atoms with Gasteiger partial charge in [0.05, 0.1) is 14.2 Å². The van der Waals surface area contributed by atoms with E-state index in [2.05, 4.69) is 0 Å². The third kappa shape index (κ3) is 3.40. The summed E-state index contributed by atoms with van der Waals surface area (Å²) in [4.78, 5) is 39.6. The molecule has 32 heavy (non-hydrogen) atoms. The summed E-state index contributed by atoms with van der Waals surface area (Å²) in [6, 6.07) is 3.86. The standard InChI is InChI=1S/C24H31NO7/c1-14(26)31-21-22(32-15(2)27)24(17-8-6-5-7-9-17)18-13-20(30-4)19(29-3)12-16(18)10-11-25(24)23(21)28/h12-13,17,21-22H,5-11H2,1-4H3/t21-,22-,24+/m1/s1. The van der Waals surface area contributed by atoms with E-state index in [1.165, 1.54) is 13.8 Å². The molecule has 2 heterocycles. The van der Waals surface area contributed by atoms with E-state index in [0.29, 0.717) is 24.5 Å². The van der Waals surface area contributed by atoms with Crippen molar-refractivity contribution in [2.24, 2.45) is 5.92 Å². The lowest BCUT2D eigenvalue weighted by Crippen LogP contribution is -2.58. The quantitative estimate of drug-likeness (QED) is 0.644. The average molecular weight is 446 g/mol. The largest absolute Gasteiger partial charge is 0.493 e. The molecule has 1 saturated heterocycles. The van der Waals surface area contributed by atoms with Crippen LogP contribution in [-0.4, -0.2) is 55.7 Å². The number of rotatable bonds is 5. The van der Waals surface area contributed by atoms with Gasteiger partial charge in [0, 0.05) is 20.4 Å². The highest BCUT2D eigenvalue weighted by Crippen LogP contribution is 2.56. The molecule has 2 aliphatic heterocycles. The number of hydrogen-bond acceptors (Lipinski definition) is 7. The molecule has 0 spiro atoms. The molecule has 4 rings (SSSR count). The second-order valence-corrected chi connectivity index (χ2v) is 8.82. The molecule has 8 nitrogen and oxygen atoms in total. The summed E-state index contributed by atoms with van der Waals surface area (Å²) in [5, 5.41) is 0. The number of fused-ring (bicyclic) bond motifs is 3. The average Bonchev–Trinajstić information content (AvgIpc) is 3.01. The van der Waals surface area contributed by atoms with Crippen molar-refractivity contribution in [1.82, 2.24) is 4.90 Å². The Balaban J connectivity index is 1.98. The van der Waals surface area contributed by atoms with Crippen molar-refractivity contribution in [3.63, 3.8) is 0 Å². The van der Waals surface area contributed by atoms with Crippen LogP contribution in [0.5, 0.6) is 11.5 Å². The van der Waals surface area contributed by atoms with Crippen LogP contribution in [0.3, 0.4) is 0 Å². The molecule has 0 unspecified atom stereocenters. The third-order valence-corrected chi connectivity index (χ3v) is 7.12. The molecule has 0 radical (unpaired) electrons. The maximum absolute atomic E-state index is 13.6. The van der Waals surface area contributed by atoms with Crippen molar-refractivity contribution < 1.29 is 33.3 Å². The highest BCUT2D eigenvalue weighted by atomic mass is 16.6. The van der Waals surface area contributed by atoms with Gasteiger partial charge in [-0.1, -0.05) is 19.3 Å². The van der Waals surface area contributed by atoms with Crippen molar-refractivity contribution in [3.8, 4) is 11.5 Å². The van der Waals surface area contributed by atoms with Crippen molar-refractivity contribution >= 4 is 17.8 Å². The lowest BCUT2D eigenvalue weighted by atomic mass is 9.65. The zero-order valence-corrected chi connectivity index (χ0v) is 19.1. The zero-order chi connectivity index (χ0) is 23.0. The minimum Gasteiger partial charge on any atom is -0.493 e. The molecule has 0 aromatic heterocycles. The maximum Gasteiger partial charge on any atom is 0.303 e. The van der Waals surface area contributed by atoms with Gasteiger partial charge in [0.2, 0.25) is 6.10 Å². The third-order valence-electron chi connectivity index (χ3n) is 7.12. The van der Waals surface area contributed by atoms with E-state index in [-0.39, 0.29) is 11.8 Å². The van der Waals surface area contributed by atoms with Gasteiger partial charge in [0.15, 0.2) is 17.6 Å². The van der Waals surface area contributed by atoms with Crippen LogP contribution in [-0.2, 0) is 35.8 Å². The summed E-state index contributed by atoms with van der Waals surface area (Å²) in [6.45, 7) is 3.04. The fraction of sp³-hybridized carbons (Fsp3) is 0.625. The van der Waals surface area contributed by atoms with Gasteiger partial charge in [0.1, 0.15) is 5.54 Å². The SMILES string of the molecule is COc1cc2c(cc1OC)[C@@]1(C3CCCCC3)[C@H](OC(C)=O)[C@@H](OC(C)=O)C(=O)N1CC2. The molecule has 3 atom stereocenters. The van der Waals surface area contributed by atoms with Gasteiger partial charge < -0.3 is 23.8 Å². The van der Waals surface area contributed by atoms with Gasteiger partial charge in [-0.05, 0) is 48.4 Å². The summed E-state index contributed by atoms with van der Waals surface area (Å²) in [6.07, 6.45) is 3.49. The van der Waals surface area contributed by atoms with E-state index >= 15 is 0 Å². The first-order valence-corrected chi connectivity index (χ1v) is 11.3. The summed E-state index contributed by atoms with van der Waals surface area (Å²) >= 11 is 0. The normalized spacial score (nSPS) is 27.4. The smallest absolute Gasteiger partial charge is 0.303 e. The Labute approximate surface area is 188 Å². The molecule has 1 saturated carbocycles. The summed E-state index contributed by atoms with van der Waals surface area (Å²) in [5.41, 5.74) is 0.997. The Morgan fingerprint density at radius 1 is 0.969 bits per heavy atom. The molecule has 1 aromatic rings. The van der Waals surface area contributed by atoms with E-state index in [9.17, 15) is 14.4 Å². The molecular weight excluding hydrogens is 414 g/mol. The van der Waals surface area contributed by atoms with Crippen LogP contribution in [0.2, 0.25) is 0 Å². The lowest BCUT2D eigenvalue weighted by Gasteiger charge is -2.51. The van der Waals surface area contributed by atoms with Crippen molar-refractivity contribution in [3.05, 3.63) is 23.3 Å². The van der Waals surface area contributed by atoms with Gasteiger partial charge >= 0.3 is 11.9 Å². The van der Waals surface area contributed by atoms with Crippen molar-refractivity contribution in [2.45, 2.75) is 70.1 Å². The number of nitrogens with zero attached hydrogens (tertiary/aromatic N) is 1. The van der Waals surface area contributed by atoms with Crippen LogP contribution >= 0.6 is 0 Å². The van der Waals surface area contributed by atoms with Crippen LogP contribution < -0.4 is 9.47 Å². The van der Waals surface area contributed by atoms with Crippen LogP contribution in [0.1, 0.15) is 57.1 Å². The molecule has 2 fully saturated rings. The number of hydrogen-bond donors (Lipinski definition) is 0. The van der Waals surface area contributed by atoms with Crippen LogP contribution in [0, 0.1) is 5.92 Å². The Morgan fingerprint density at radius 2 is 1.59 bits per heavy atom. The van der Waals surface area contributed by atoms with Crippen molar-refractivity contribution in [1.29, 1.82) is 0 Å². The number of ether oxygens (including phenoxy) is 4. The second-order valence-electron chi connectivity index (χ2n) is 8.82. The number of benzene rings is 1. The minimum absolute atomic E-state index is 0.0576. The predicted octanol–water partition coefficient (Wildman–Crippen LogP) is 2.74. The van der Waals surface area contributed by atoms with Gasteiger partial charge in [-0.25, -0.2) is 0 Å². The van der Waals surface area contributed by atoms with E-state index < -0.39 is 29.7 Å². The molecule has 1 amide bonds. The second kappa shape index (κ2) is 8.64. The van der Waals surface area contributed by atoms with E-state index in [4.69, 9.17) is 18.9 Å². The molecule has 174 valence electrons. The van der Waals surface area contributed by atoms with Crippen LogP contribution in [0.4, 0.5) is 0 Å². The van der Waals surface area contributed by atoms with Gasteiger partial charge in [-0.3, -0.25) is 14.4 Å². The summed E-state index contributed by atoms with van der Waals surface area (Å²) < 4.78 is 22.5. The first-order chi connectivity index (χ1) is 15.3. The molecule has 8 heteroatoms. The molecular formula is C24H31NO7. The minimum atomic E-state index is -1.17. The fourth-order valence-corrected chi connectivity index (χ4v) is 6.01. The van der Waals surface area contributed by atoms with E-state index in [1.54, 1.807) is 19.1 Å². The first-order valence-electron chi connectivity index (χ1n) is 11.3. The monoisotopic (exact) mass is 445 g/mol. The molecule has 0 bridgehead atoms. The number of esters is 2. The number of carbonyl (C=O) groups is 3. The van der Waals surface area contributed by atoms with Crippen molar-refractivity contribution in [2.75, 3.05) is 20.8 Å². The summed E-state index contributed by atoms with van der Waals surface area (Å²) in [5.74, 6) is -0.174. The van der Waals surface area contributed by atoms with Crippen LogP contribution in [0.25, 0.3) is 0 Å². The Kier molecular flexibility index (Phi) is 6.05. The molecule has 1 aliphatic carbocycles. The number of carbonyl (C=O) groups excluding carboxylic acids is 3. The number of methoxy groups -OCH3 is 2.